The van der Waals surface area contributed by atoms with E-state index in [1.54, 1.807) is 13.8 Å². The van der Waals surface area contributed by atoms with Gasteiger partial charge in [0.15, 0.2) is 0 Å². The Hall–Kier alpha value is -1.98. The fraction of sp³-hybridized carbons (Fsp3) is 0.400. The average Bonchev–Trinajstić information content (AvgIpc) is 2.88. The number of benzene rings is 2. The molecule has 0 amide bonds. The highest BCUT2D eigenvalue weighted by Crippen LogP contribution is 2.59. The van der Waals surface area contributed by atoms with Crippen molar-refractivity contribution in [2.24, 2.45) is 11.8 Å². The molecule has 0 nitrogen and oxygen atoms in total. The molecule has 2 aliphatic carbocycles. The summed E-state index contributed by atoms with van der Waals surface area (Å²) in [6.07, 6.45) is -0.703. The van der Waals surface area contributed by atoms with Crippen molar-refractivity contribution < 1.29 is 26.3 Å². The second kappa shape index (κ2) is 5.27. The maximum absolute atomic E-state index is 14.9. The lowest BCUT2D eigenvalue weighted by molar-refractivity contribution is -0.146. The molecule has 2 unspecified atom stereocenters. The quantitative estimate of drug-likeness (QED) is 0.556. The standard InChI is InChI=1S/C20H16F6/c1-9-3-11-7-13(19(23,24)17(11)15(21)5-9)14-8-12-4-10(2)6-16(22)18(12)20(14,25)26/h3-6,13-14H,7-8H2,1-2H3. The van der Waals surface area contributed by atoms with E-state index >= 15 is 0 Å². The van der Waals surface area contributed by atoms with E-state index in [0.29, 0.717) is 11.1 Å². The Kier molecular flexibility index (Phi) is 3.53. The molecule has 0 aromatic heterocycles. The molecule has 2 aromatic rings. The van der Waals surface area contributed by atoms with Crippen LogP contribution in [0.2, 0.25) is 0 Å². The Morgan fingerprint density at radius 1 is 0.692 bits per heavy atom. The van der Waals surface area contributed by atoms with Gasteiger partial charge < -0.3 is 0 Å². The zero-order chi connectivity index (χ0) is 19.0. The maximum atomic E-state index is 14.9. The van der Waals surface area contributed by atoms with Crippen molar-refractivity contribution in [2.75, 3.05) is 0 Å². The first kappa shape index (κ1) is 17.4. The van der Waals surface area contributed by atoms with Crippen molar-refractivity contribution in [1.82, 2.24) is 0 Å². The van der Waals surface area contributed by atoms with Gasteiger partial charge in [0.05, 0.1) is 11.1 Å². The number of alkyl halides is 4. The van der Waals surface area contributed by atoms with Gasteiger partial charge in [0.25, 0.3) is 11.8 Å². The summed E-state index contributed by atoms with van der Waals surface area (Å²) in [6.45, 7) is 3.13. The Morgan fingerprint density at radius 3 is 1.38 bits per heavy atom. The van der Waals surface area contributed by atoms with Gasteiger partial charge in [0.2, 0.25) is 0 Å². The minimum Gasteiger partial charge on any atom is -0.206 e. The third-order valence-electron chi connectivity index (χ3n) is 5.60. The van der Waals surface area contributed by atoms with Crippen molar-refractivity contribution in [1.29, 1.82) is 0 Å². The van der Waals surface area contributed by atoms with Crippen LogP contribution in [0.3, 0.4) is 0 Å². The van der Waals surface area contributed by atoms with Gasteiger partial charge in [-0.1, -0.05) is 12.1 Å². The van der Waals surface area contributed by atoms with Crippen LogP contribution < -0.4 is 0 Å². The zero-order valence-electron chi connectivity index (χ0n) is 14.1. The number of rotatable bonds is 1. The van der Waals surface area contributed by atoms with E-state index in [9.17, 15) is 26.3 Å². The van der Waals surface area contributed by atoms with Gasteiger partial charge in [-0.2, -0.15) is 0 Å². The van der Waals surface area contributed by atoms with Gasteiger partial charge in [-0.05, 0) is 61.1 Å². The van der Waals surface area contributed by atoms with Crippen molar-refractivity contribution in [3.8, 4) is 0 Å². The Morgan fingerprint density at radius 2 is 1.04 bits per heavy atom. The van der Waals surface area contributed by atoms with E-state index < -0.39 is 46.4 Å². The largest absolute Gasteiger partial charge is 0.279 e. The fourth-order valence-electron chi connectivity index (χ4n) is 4.59. The first-order chi connectivity index (χ1) is 12.0. The van der Waals surface area contributed by atoms with Crippen LogP contribution in [0, 0.1) is 37.3 Å². The first-order valence-electron chi connectivity index (χ1n) is 8.38. The van der Waals surface area contributed by atoms with E-state index in [2.05, 4.69) is 0 Å². The molecule has 0 radical (unpaired) electrons. The summed E-state index contributed by atoms with van der Waals surface area (Å²) < 4.78 is 88.0. The molecular formula is C20H16F6. The summed E-state index contributed by atoms with van der Waals surface area (Å²) in [5.74, 6) is -13.2. The maximum Gasteiger partial charge on any atom is 0.279 e. The van der Waals surface area contributed by atoms with Crippen LogP contribution in [0.25, 0.3) is 0 Å². The molecular weight excluding hydrogens is 354 g/mol. The molecule has 6 heteroatoms. The smallest absolute Gasteiger partial charge is 0.206 e. The molecule has 2 atom stereocenters. The van der Waals surface area contributed by atoms with Crippen LogP contribution >= 0.6 is 0 Å². The summed E-state index contributed by atoms with van der Waals surface area (Å²) in [6, 6.07) is 4.80. The van der Waals surface area contributed by atoms with Gasteiger partial charge in [-0.25, -0.2) is 26.3 Å². The number of hydrogen-bond donors (Lipinski definition) is 0. The van der Waals surface area contributed by atoms with E-state index in [-0.39, 0.29) is 24.0 Å². The van der Waals surface area contributed by atoms with E-state index in [0.717, 1.165) is 12.1 Å². The van der Waals surface area contributed by atoms with Gasteiger partial charge in [0.1, 0.15) is 11.6 Å². The molecule has 26 heavy (non-hydrogen) atoms. The van der Waals surface area contributed by atoms with Crippen LogP contribution in [-0.4, -0.2) is 0 Å². The molecule has 0 heterocycles. The zero-order valence-corrected chi connectivity index (χ0v) is 14.1. The minimum absolute atomic E-state index is 0.0564. The van der Waals surface area contributed by atoms with E-state index in [1.165, 1.54) is 12.1 Å². The topological polar surface area (TPSA) is 0 Å². The van der Waals surface area contributed by atoms with Gasteiger partial charge >= 0.3 is 0 Å². The Bertz CT molecular complexity index is 840. The molecule has 138 valence electrons. The third kappa shape index (κ3) is 2.23. The van der Waals surface area contributed by atoms with Gasteiger partial charge in [0, 0.05) is 11.8 Å². The minimum atomic E-state index is -3.73. The van der Waals surface area contributed by atoms with Crippen molar-refractivity contribution >= 4 is 0 Å². The van der Waals surface area contributed by atoms with Crippen LogP contribution in [0.4, 0.5) is 26.3 Å². The number of aryl methyl sites for hydroxylation is 2. The second-order valence-electron chi connectivity index (χ2n) is 7.43. The Balaban J connectivity index is 1.81. The first-order valence-corrected chi connectivity index (χ1v) is 8.38. The van der Waals surface area contributed by atoms with Crippen LogP contribution in [-0.2, 0) is 24.7 Å². The van der Waals surface area contributed by atoms with Crippen molar-refractivity contribution in [2.45, 2.75) is 38.5 Å². The number of hydrogen-bond acceptors (Lipinski definition) is 0. The molecule has 2 aliphatic rings. The SMILES string of the molecule is Cc1cc(F)c2c(c1)CC(C1Cc3cc(C)cc(F)c3C1(F)F)C2(F)F. The summed E-state index contributed by atoms with van der Waals surface area (Å²) in [7, 11) is 0. The van der Waals surface area contributed by atoms with E-state index in [1.807, 2.05) is 0 Å². The van der Waals surface area contributed by atoms with Crippen LogP contribution in [0.1, 0.15) is 33.4 Å². The van der Waals surface area contributed by atoms with Gasteiger partial charge in [-0.15, -0.1) is 0 Å². The fourth-order valence-corrected chi connectivity index (χ4v) is 4.59. The summed E-state index contributed by atoms with van der Waals surface area (Å²) in [5.41, 5.74) is -0.559. The molecule has 0 N–H and O–H groups in total. The lowest BCUT2D eigenvalue weighted by Gasteiger charge is -2.30. The second-order valence-corrected chi connectivity index (χ2v) is 7.43. The average molecular weight is 370 g/mol. The van der Waals surface area contributed by atoms with Crippen molar-refractivity contribution in [3.63, 3.8) is 0 Å². The predicted molar refractivity (Wildman–Crippen MR) is 84.5 cm³/mol. The lowest BCUT2D eigenvalue weighted by atomic mass is 9.83. The molecule has 0 saturated heterocycles. The summed E-state index contributed by atoms with van der Waals surface area (Å²) in [5, 5.41) is 0. The molecule has 0 saturated carbocycles. The molecule has 2 aromatic carbocycles. The highest BCUT2D eigenvalue weighted by Gasteiger charge is 2.62. The van der Waals surface area contributed by atoms with E-state index in [4.69, 9.17) is 0 Å². The van der Waals surface area contributed by atoms with Crippen molar-refractivity contribution in [3.05, 3.63) is 69.3 Å². The Labute approximate surface area is 146 Å². The molecule has 0 aliphatic heterocycles. The highest BCUT2D eigenvalue weighted by molar-refractivity contribution is 5.45. The van der Waals surface area contributed by atoms with Crippen LogP contribution in [0.5, 0.6) is 0 Å². The predicted octanol–water partition coefficient (Wildman–Crippen LogP) is 5.81. The normalized spacial score (nSPS) is 25.2. The molecule has 4 rings (SSSR count). The highest BCUT2D eigenvalue weighted by atomic mass is 19.3. The summed E-state index contributed by atoms with van der Waals surface area (Å²) in [4.78, 5) is 0. The third-order valence-corrected chi connectivity index (χ3v) is 5.60. The monoisotopic (exact) mass is 370 g/mol. The van der Waals surface area contributed by atoms with Crippen LogP contribution in [0.15, 0.2) is 24.3 Å². The number of fused-ring (bicyclic) bond motifs is 2. The van der Waals surface area contributed by atoms with Gasteiger partial charge in [-0.3, -0.25) is 0 Å². The molecule has 0 fully saturated rings. The molecule has 0 bridgehead atoms. The summed E-state index contributed by atoms with van der Waals surface area (Å²) >= 11 is 0. The number of halogens is 6. The lowest BCUT2D eigenvalue weighted by Crippen LogP contribution is -2.36. The molecule has 0 spiro atoms.